The van der Waals surface area contributed by atoms with Gasteiger partial charge < -0.3 is 5.32 Å². The first-order chi connectivity index (χ1) is 14.7. The lowest BCUT2D eigenvalue weighted by molar-refractivity contribution is -0.113. The van der Waals surface area contributed by atoms with Gasteiger partial charge in [-0.25, -0.2) is 0 Å². The van der Waals surface area contributed by atoms with Gasteiger partial charge in [0.15, 0.2) is 10.9 Å². The van der Waals surface area contributed by atoms with Gasteiger partial charge in [0, 0.05) is 16.8 Å². The quantitative estimate of drug-likeness (QED) is 0.362. The molecule has 0 bridgehead atoms. The van der Waals surface area contributed by atoms with Crippen molar-refractivity contribution in [1.82, 2.24) is 14.8 Å². The first-order valence-corrected chi connectivity index (χ1v) is 10.3. The zero-order chi connectivity index (χ0) is 20.8. The molecular weight excluding hydrogens is 396 g/mol. The van der Waals surface area contributed by atoms with E-state index in [1.165, 1.54) is 11.8 Å². The Morgan fingerprint density at radius 2 is 1.53 bits per heavy atom. The number of nitrogens with zero attached hydrogens (tertiary/aromatic N) is 3. The zero-order valence-corrected chi connectivity index (χ0v) is 16.8. The fourth-order valence-electron chi connectivity index (χ4n) is 2.94. The van der Waals surface area contributed by atoms with E-state index in [4.69, 9.17) is 0 Å². The largest absolute Gasteiger partial charge is 0.325 e. The Kier molecular flexibility index (Phi) is 6.01. The van der Waals surface area contributed by atoms with Gasteiger partial charge in [0.25, 0.3) is 0 Å². The predicted molar refractivity (Wildman–Crippen MR) is 117 cm³/mol. The van der Waals surface area contributed by atoms with Crippen LogP contribution in [0.4, 0.5) is 5.69 Å². The molecule has 0 aliphatic heterocycles. The summed E-state index contributed by atoms with van der Waals surface area (Å²) in [6.07, 6.45) is 1.61. The fourth-order valence-corrected chi connectivity index (χ4v) is 3.67. The lowest BCUT2D eigenvalue weighted by Gasteiger charge is -2.11. The Balaban J connectivity index is 1.45. The monoisotopic (exact) mass is 414 g/mol. The third kappa shape index (κ3) is 4.47. The lowest BCUT2D eigenvalue weighted by Crippen LogP contribution is -2.17. The van der Waals surface area contributed by atoms with Crippen LogP contribution < -0.4 is 5.32 Å². The van der Waals surface area contributed by atoms with Crippen LogP contribution in [0, 0.1) is 0 Å². The minimum Gasteiger partial charge on any atom is -0.325 e. The molecule has 0 aliphatic carbocycles. The highest BCUT2D eigenvalue weighted by molar-refractivity contribution is 7.99. The van der Waals surface area contributed by atoms with Crippen molar-refractivity contribution >= 4 is 29.1 Å². The second-order valence-corrected chi connectivity index (χ2v) is 7.34. The molecule has 0 aliphatic rings. The average Bonchev–Trinajstić information content (AvgIpc) is 3.27. The summed E-state index contributed by atoms with van der Waals surface area (Å²) in [4.78, 5) is 25.4. The molecule has 0 fully saturated rings. The van der Waals surface area contributed by atoms with Gasteiger partial charge in [-0.15, -0.1) is 10.2 Å². The molecule has 3 aromatic carbocycles. The number of carbonyl (C=O) groups is 2. The van der Waals surface area contributed by atoms with E-state index in [1.807, 2.05) is 53.1 Å². The molecule has 0 radical (unpaired) electrons. The van der Waals surface area contributed by atoms with Gasteiger partial charge in [0.1, 0.15) is 6.33 Å². The van der Waals surface area contributed by atoms with Crippen molar-refractivity contribution in [3.63, 3.8) is 0 Å². The van der Waals surface area contributed by atoms with Gasteiger partial charge in [0.05, 0.1) is 11.4 Å². The van der Waals surface area contributed by atoms with E-state index in [-0.39, 0.29) is 17.4 Å². The summed E-state index contributed by atoms with van der Waals surface area (Å²) in [6, 6.07) is 25.7. The summed E-state index contributed by atoms with van der Waals surface area (Å²) in [5.74, 6) is -0.224. The Morgan fingerprint density at radius 3 is 2.30 bits per heavy atom. The molecule has 0 unspecified atom stereocenters. The third-order valence-electron chi connectivity index (χ3n) is 4.36. The van der Waals surface area contributed by atoms with Crippen LogP contribution in [0.3, 0.4) is 0 Å². The number of hydrogen-bond donors (Lipinski definition) is 1. The van der Waals surface area contributed by atoms with Crippen molar-refractivity contribution in [3.05, 3.63) is 102 Å². The van der Waals surface area contributed by atoms with Crippen LogP contribution in [0.5, 0.6) is 0 Å². The molecule has 0 spiro atoms. The second-order valence-electron chi connectivity index (χ2n) is 6.40. The molecule has 0 saturated carbocycles. The van der Waals surface area contributed by atoms with E-state index in [1.54, 1.807) is 42.7 Å². The maximum absolute atomic E-state index is 12.8. The maximum atomic E-state index is 12.8. The average molecular weight is 414 g/mol. The van der Waals surface area contributed by atoms with Gasteiger partial charge in [-0.05, 0) is 24.3 Å². The third-order valence-corrected chi connectivity index (χ3v) is 5.31. The molecule has 4 rings (SSSR count). The highest BCUT2D eigenvalue weighted by atomic mass is 32.2. The lowest BCUT2D eigenvalue weighted by atomic mass is 10.0. The highest BCUT2D eigenvalue weighted by Crippen LogP contribution is 2.22. The van der Waals surface area contributed by atoms with Crippen molar-refractivity contribution in [2.45, 2.75) is 5.16 Å². The van der Waals surface area contributed by atoms with Crippen molar-refractivity contribution in [2.24, 2.45) is 0 Å². The Labute approximate surface area is 178 Å². The maximum Gasteiger partial charge on any atom is 0.234 e. The number of hydrogen-bond acceptors (Lipinski definition) is 5. The Morgan fingerprint density at radius 1 is 0.867 bits per heavy atom. The van der Waals surface area contributed by atoms with Crippen molar-refractivity contribution in [2.75, 3.05) is 11.1 Å². The van der Waals surface area contributed by atoms with Gasteiger partial charge in [-0.1, -0.05) is 72.4 Å². The van der Waals surface area contributed by atoms with Crippen LogP contribution in [0.1, 0.15) is 15.9 Å². The van der Waals surface area contributed by atoms with E-state index in [2.05, 4.69) is 15.5 Å². The highest BCUT2D eigenvalue weighted by Gasteiger charge is 2.16. The molecule has 7 heteroatoms. The number of amides is 1. The minimum atomic E-state index is -0.226. The fraction of sp³-hybridized carbons (Fsp3) is 0.0435. The van der Waals surface area contributed by atoms with Crippen LogP contribution >= 0.6 is 11.8 Å². The van der Waals surface area contributed by atoms with E-state index >= 15 is 0 Å². The van der Waals surface area contributed by atoms with Crippen LogP contribution in [-0.2, 0) is 4.79 Å². The van der Waals surface area contributed by atoms with Crippen LogP contribution in [-0.4, -0.2) is 32.2 Å². The summed E-state index contributed by atoms with van der Waals surface area (Å²) in [6.45, 7) is 0. The standard InChI is InChI=1S/C23H18N4O2S/c28-21(15-30-23-26-24-16-27(23)18-11-5-2-6-12-18)25-20-14-8-7-13-19(20)22(29)17-9-3-1-4-10-17/h1-14,16H,15H2,(H,25,28). The van der Waals surface area contributed by atoms with Gasteiger partial charge in [-0.3, -0.25) is 14.2 Å². The molecule has 1 heterocycles. The number of benzene rings is 3. The molecular formula is C23H18N4O2S. The first-order valence-electron chi connectivity index (χ1n) is 9.29. The van der Waals surface area contributed by atoms with Crippen molar-refractivity contribution in [3.8, 4) is 5.69 Å². The SMILES string of the molecule is O=C(CSc1nncn1-c1ccccc1)Nc1ccccc1C(=O)c1ccccc1. The van der Waals surface area contributed by atoms with E-state index in [0.717, 1.165) is 5.69 Å². The molecule has 1 N–H and O–H groups in total. The molecule has 1 aromatic heterocycles. The minimum absolute atomic E-state index is 0.136. The summed E-state index contributed by atoms with van der Waals surface area (Å²) in [5.41, 5.74) is 2.43. The number of thioether (sulfide) groups is 1. The van der Waals surface area contributed by atoms with Crippen LogP contribution in [0.25, 0.3) is 5.69 Å². The van der Waals surface area contributed by atoms with E-state index in [0.29, 0.717) is 22.0 Å². The predicted octanol–water partition coefficient (Wildman–Crippen LogP) is 4.23. The van der Waals surface area contributed by atoms with Crippen molar-refractivity contribution < 1.29 is 9.59 Å². The number of anilines is 1. The smallest absolute Gasteiger partial charge is 0.234 e. The Hall–Kier alpha value is -3.71. The van der Waals surface area contributed by atoms with Gasteiger partial charge in [-0.2, -0.15) is 0 Å². The molecule has 4 aromatic rings. The van der Waals surface area contributed by atoms with Crippen molar-refractivity contribution in [1.29, 1.82) is 0 Å². The second kappa shape index (κ2) is 9.19. The summed E-state index contributed by atoms with van der Waals surface area (Å²) in [5, 5.41) is 11.5. The first kappa shape index (κ1) is 19.6. The molecule has 1 amide bonds. The normalized spacial score (nSPS) is 10.5. The summed E-state index contributed by atoms with van der Waals surface area (Å²) in [7, 11) is 0. The summed E-state index contributed by atoms with van der Waals surface area (Å²) < 4.78 is 1.82. The number of ketones is 1. The van der Waals surface area contributed by atoms with Crippen LogP contribution in [0.2, 0.25) is 0 Å². The molecule has 148 valence electrons. The zero-order valence-electron chi connectivity index (χ0n) is 15.9. The van der Waals surface area contributed by atoms with Crippen LogP contribution in [0.15, 0.2) is 96.4 Å². The van der Waals surface area contributed by atoms with Gasteiger partial charge >= 0.3 is 0 Å². The van der Waals surface area contributed by atoms with E-state index in [9.17, 15) is 9.59 Å². The molecule has 6 nitrogen and oxygen atoms in total. The molecule has 30 heavy (non-hydrogen) atoms. The molecule has 0 atom stereocenters. The number of rotatable bonds is 7. The van der Waals surface area contributed by atoms with E-state index < -0.39 is 0 Å². The number of para-hydroxylation sites is 2. The van der Waals surface area contributed by atoms with Gasteiger partial charge in [0.2, 0.25) is 5.91 Å². The summed E-state index contributed by atoms with van der Waals surface area (Å²) >= 11 is 1.28. The Bertz CT molecular complexity index is 1160. The number of aromatic nitrogens is 3. The number of carbonyl (C=O) groups excluding carboxylic acids is 2. The molecule has 0 saturated heterocycles. The number of nitrogens with one attached hydrogen (secondary N) is 1. The topological polar surface area (TPSA) is 76.9 Å².